The standard InChI is InChI=1S/C20H20N4O/c25-20-17-7-3-4-8-18(17)21-22-24(20)13-23(15-10-11-15)19-12-9-14-5-1-2-6-16(14)19/h1-8,15,19H,9-13H2/t19-/m1/s1. The molecule has 1 fully saturated rings. The van der Waals surface area contributed by atoms with Crippen LogP contribution in [0.1, 0.15) is 36.4 Å². The van der Waals surface area contributed by atoms with Crippen LogP contribution in [0, 0.1) is 0 Å². The summed E-state index contributed by atoms with van der Waals surface area (Å²) in [5.74, 6) is 0. The smallest absolute Gasteiger partial charge is 0.274 e. The minimum atomic E-state index is -0.0532. The zero-order chi connectivity index (χ0) is 16.8. The van der Waals surface area contributed by atoms with Crippen LogP contribution in [0.25, 0.3) is 10.9 Å². The van der Waals surface area contributed by atoms with E-state index in [1.165, 1.54) is 28.7 Å². The van der Waals surface area contributed by atoms with Crippen LogP contribution in [0.2, 0.25) is 0 Å². The number of aromatic nitrogens is 3. The zero-order valence-corrected chi connectivity index (χ0v) is 14.0. The molecule has 0 amide bonds. The Labute approximate surface area is 145 Å². The third-order valence-corrected chi connectivity index (χ3v) is 5.44. The summed E-state index contributed by atoms with van der Waals surface area (Å²) in [4.78, 5) is 15.3. The summed E-state index contributed by atoms with van der Waals surface area (Å²) < 4.78 is 1.53. The predicted molar refractivity (Wildman–Crippen MR) is 96.2 cm³/mol. The largest absolute Gasteiger partial charge is 0.278 e. The lowest BCUT2D eigenvalue weighted by atomic mass is 10.1. The summed E-state index contributed by atoms with van der Waals surface area (Å²) in [6.07, 6.45) is 4.64. The van der Waals surface area contributed by atoms with Crippen molar-refractivity contribution in [1.29, 1.82) is 0 Å². The van der Waals surface area contributed by atoms with Gasteiger partial charge in [-0.2, -0.15) is 4.68 Å². The van der Waals surface area contributed by atoms with Crippen LogP contribution in [0.3, 0.4) is 0 Å². The molecule has 1 saturated carbocycles. The first kappa shape index (κ1) is 14.8. The van der Waals surface area contributed by atoms with Crippen molar-refractivity contribution in [2.75, 3.05) is 0 Å². The monoisotopic (exact) mass is 332 g/mol. The molecule has 0 bridgehead atoms. The van der Waals surface area contributed by atoms with Crippen molar-refractivity contribution < 1.29 is 0 Å². The van der Waals surface area contributed by atoms with E-state index in [1.54, 1.807) is 0 Å². The third kappa shape index (κ3) is 2.55. The maximum absolute atomic E-state index is 12.8. The van der Waals surface area contributed by atoms with Gasteiger partial charge in [-0.15, -0.1) is 5.10 Å². The molecule has 1 heterocycles. The van der Waals surface area contributed by atoms with Crippen LogP contribution in [0.4, 0.5) is 0 Å². The molecular formula is C20H20N4O. The molecular weight excluding hydrogens is 312 g/mol. The van der Waals surface area contributed by atoms with Crippen LogP contribution in [0.15, 0.2) is 53.3 Å². The summed E-state index contributed by atoms with van der Waals surface area (Å²) >= 11 is 0. The van der Waals surface area contributed by atoms with Crippen molar-refractivity contribution in [3.05, 3.63) is 70.0 Å². The van der Waals surface area contributed by atoms with Gasteiger partial charge in [0.15, 0.2) is 0 Å². The molecule has 2 aliphatic rings. The number of hydrogen-bond donors (Lipinski definition) is 0. The van der Waals surface area contributed by atoms with E-state index < -0.39 is 0 Å². The lowest BCUT2D eigenvalue weighted by Gasteiger charge is -2.29. The van der Waals surface area contributed by atoms with Crippen molar-refractivity contribution in [2.24, 2.45) is 0 Å². The molecule has 0 aliphatic heterocycles. The zero-order valence-electron chi connectivity index (χ0n) is 14.0. The molecule has 5 rings (SSSR count). The van der Waals surface area contributed by atoms with Crippen molar-refractivity contribution >= 4 is 10.9 Å². The molecule has 25 heavy (non-hydrogen) atoms. The first-order valence-electron chi connectivity index (χ1n) is 8.97. The van der Waals surface area contributed by atoms with Gasteiger partial charge in [-0.3, -0.25) is 9.69 Å². The average Bonchev–Trinajstić information content (AvgIpc) is 3.41. The van der Waals surface area contributed by atoms with Crippen LogP contribution in [-0.4, -0.2) is 25.9 Å². The van der Waals surface area contributed by atoms with Gasteiger partial charge in [0.25, 0.3) is 5.56 Å². The van der Waals surface area contributed by atoms with E-state index in [0.29, 0.717) is 29.7 Å². The maximum Gasteiger partial charge on any atom is 0.278 e. The fourth-order valence-corrected chi connectivity index (χ4v) is 4.02. The first-order valence-corrected chi connectivity index (χ1v) is 8.97. The maximum atomic E-state index is 12.8. The number of rotatable bonds is 4. The Morgan fingerprint density at radius 1 is 1.04 bits per heavy atom. The molecule has 1 aromatic heterocycles. The van der Waals surface area contributed by atoms with E-state index in [-0.39, 0.29) is 5.56 Å². The average molecular weight is 332 g/mol. The highest BCUT2D eigenvalue weighted by Gasteiger charge is 2.37. The van der Waals surface area contributed by atoms with E-state index in [0.717, 1.165) is 12.8 Å². The van der Waals surface area contributed by atoms with Crippen molar-refractivity contribution in [3.63, 3.8) is 0 Å². The Morgan fingerprint density at radius 2 is 1.84 bits per heavy atom. The van der Waals surface area contributed by atoms with Crippen molar-refractivity contribution in [2.45, 2.75) is 44.4 Å². The highest BCUT2D eigenvalue weighted by Crippen LogP contribution is 2.41. The van der Waals surface area contributed by atoms with Crippen LogP contribution < -0.4 is 5.56 Å². The first-order chi connectivity index (χ1) is 12.3. The van der Waals surface area contributed by atoms with Gasteiger partial charge in [0.1, 0.15) is 5.52 Å². The molecule has 0 radical (unpaired) electrons. The molecule has 0 unspecified atom stereocenters. The van der Waals surface area contributed by atoms with Crippen LogP contribution >= 0.6 is 0 Å². The third-order valence-electron chi connectivity index (χ3n) is 5.44. The topological polar surface area (TPSA) is 51.0 Å². The van der Waals surface area contributed by atoms with Gasteiger partial charge in [-0.25, -0.2) is 0 Å². The van der Waals surface area contributed by atoms with Gasteiger partial charge in [-0.1, -0.05) is 41.6 Å². The van der Waals surface area contributed by atoms with Gasteiger partial charge in [0, 0.05) is 12.1 Å². The van der Waals surface area contributed by atoms with Gasteiger partial charge >= 0.3 is 0 Å². The molecule has 126 valence electrons. The highest BCUT2D eigenvalue weighted by atomic mass is 16.1. The Bertz CT molecular complexity index is 992. The van der Waals surface area contributed by atoms with E-state index in [4.69, 9.17) is 0 Å². The van der Waals surface area contributed by atoms with Crippen molar-refractivity contribution in [3.8, 4) is 0 Å². The summed E-state index contributed by atoms with van der Waals surface area (Å²) in [6.45, 7) is 0.514. The van der Waals surface area contributed by atoms with E-state index >= 15 is 0 Å². The molecule has 3 aromatic rings. The normalized spacial score (nSPS) is 19.5. The van der Waals surface area contributed by atoms with Crippen molar-refractivity contribution in [1.82, 2.24) is 19.9 Å². The summed E-state index contributed by atoms with van der Waals surface area (Å²) in [7, 11) is 0. The lowest BCUT2D eigenvalue weighted by Crippen LogP contribution is -2.37. The van der Waals surface area contributed by atoms with Gasteiger partial charge in [-0.05, 0) is 48.9 Å². The van der Waals surface area contributed by atoms with Gasteiger partial charge in [0.05, 0.1) is 12.1 Å². The van der Waals surface area contributed by atoms with Gasteiger partial charge < -0.3 is 0 Å². The Hall–Kier alpha value is -2.53. The predicted octanol–water partition coefficient (Wildman–Crippen LogP) is 2.90. The summed E-state index contributed by atoms with van der Waals surface area (Å²) in [6, 6.07) is 17.0. The Kier molecular flexibility index (Phi) is 3.41. The molecule has 0 N–H and O–H groups in total. The molecule has 5 nitrogen and oxygen atoms in total. The minimum absolute atomic E-state index is 0.0532. The second-order valence-corrected chi connectivity index (χ2v) is 7.05. The fourth-order valence-electron chi connectivity index (χ4n) is 4.02. The molecule has 5 heteroatoms. The molecule has 0 saturated heterocycles. The molecule has 0 spiro atoms. The lowest BCUT2D eigenvalue weighted by molar-refractivity contribution is 0.128. The second kappa shape index (κ2) is 5.77. The summed E-state index contributed by atoms with van der Waals surface area (Å²) in [5, 5.41) is 9.07. The van der Waals surface area contributed by atoms with E-state index in [9.17, 15) is 4.79 Å². The number of fused-ring (bicyclic) bond motifs is 2. The van der Waals surface area contributed by atoms with Gasteiger partial charge in [0.2, 0.25) is 0 Å². The quantitative estimate of drug-likeness (QED) is 0.737. The summed E-state index contributed by atoms with van der Waals surface area (Å²) in [5.41, 5.74) is 3.46. The van der Waals surface area contributed by atoms with E-state index in [1.807, 2.05) is 24.3 Å². The SMILES string of the molecule is O=c1c2ccccc2nnn1CN(C1CC1)[C@@H]1CCc2ccccc21. The molecule has 1 atom stereocenters. The molecule has 2 aliphatic carbocycles. The Morgan fingerprint density at radius 3 is 2.72 bits per heavy atom. The van der Waals surface area contributed by atoms with E-state index in [2.05, 4.69) is 39.5 Å². The number of nitrogens with zero attached hydrogens (tertiary/aromatic N) is 4. The molecule has 2 aromatic carbocycles. The number of hydrogen-bond acceptors (Lipinski definition) is 4. The minimum Gasteiger partial charge on any atom is -0.274 e. The second-order valence-electron chi connectivity index (χ2n) is 7.05. The highest BCUT2D eigenvalue weighted by molar-refractivity contribution is 5.76. The Balaban J connectivity index is 1.51. The fraction of sp³-hybridized carbons (Fsp3) is 0.350. The van der Waals surface area contributed by atoms with Crippen LogP contribution in [0.5, 0.6) is 0 Å². The number of aryl methyl sites for hydroxylation is 1. The van der Waals surface area contributed by atoms with Crippen LogP contribution in [-0.2, 0) is 13.1 Å². The number of benzene rings is 2.